The molecule has 0 fully saturated rings. The van der Waals surface area contributed by atoms with Gasteiger partial charge in [-0.2, -0.15) is 0 Å². The Morgan fingerprint density at radius 2 is 1.43 bits per heavy atom. The molecule has 100 valence electrons. The van der Waals surface area contributed by atoms with Gasteiger partial charge in [-0.05, 0) is 0 Å². The van der Waals surface area contributed by atoms with Gasteiger partial charge >= 0.3 is 127 Å². The molecule has 0 spiro atoms. The van der Waals surface area contributed by atoms with Crippen LogP contribution in [0.1, 0.15) is 25.2 Å². The Morgan fingerprint density at radius 3 is 1.95 bits per heavy atom. The second-order valence-electron chi connectivity index (χ2n) is 4.98. The van der Waals surface area contributed by atoms with Crippen molar-refractivity contribution >= 4 is 42.9 Å². The van der Waals surface area contributed by atoms with Crippen molar-refractivity contribution in [3.8, 4) is 0 Å². The van der Waals surface area contributed by atoms with Crippen molar-refractivity contribution in [3.05, 3.63) is 74.6 Å². The third kappa shape index (κ3) is 1.94. The summed E-state index contributed by atoms with van der Waals surface area (Å²) >= 11 is 0.229. The second kappa shape index (κ2) is 4.66. The van der Waals surface area contributed by atoms with E-state index in [-0.39, 0.29) is 26.1 Å². The van der Waals surface area contributed by atoms with E-state index in [1.807, 2.05) is 48.5 Å². The van der Waals surface area contributed by atoms with Gasteiger partial charge in [-0.25, -0.2) is 0 Å². The molecule has 2 nitrogen and oxygen atoms in total. The number of fused-ring (bicyclic) bond motifs is 2. The second-order valence-corrected chi connectivity index (χ2v) is 7.03. The van der Waals surface area contributed by atoms with Gasteiger partial charge in [-0.15, -0.1) is 0 Å². The van der Waals surface area contributed by atoms with Crippen molar-refractivity contribution in [2.24, 2.45) is 0 Å². The van der Waals surface area contributed by atoms with Crippen molar-refractivity contribution in [3.63, 3.8) is 0 Å². The van der Waals surface area contributed by atoms with E-state index in [2.05, 4.69) is 4.94 Å². The molecule has 0 unspecified atom stereocenters. The molecule has 0 amide bonds. The van der Waals surface area contributed by atoms with E-state index in [4.69, 9.17) is 0 Å². The zero-order valence-electron chi connectivity index (χ0n) is 11.0. The molecule has 1 aromatic heterocycles. The van der Waals surface area contributed by atoms with Crippen LogP contribution >= 0.6 is 0 Å². The van der Waals surface area contributed by atoms with Gasteiger partial charge in [0, 0.05) is 0 Å². The summed E-state index contributed by atoms with van der Waals surface area (Å²) in [5.74, 6) is -0.297. The van der Waals surface area contributed by atoms with E-state index < -0.39 is 0 Å². The van der Waals surface area contributed by atoms with Crippen molar-refractivity contribution < 1.29 is 9.59 Å². The van der Waals surface area contributed by atoms with Gasteiger partial charge in [0.15, 0.2) is 0 Å². The molecule has 0 saturated carbocycles. The molecule has 2 aromatic carbocycles. The van der Waals surface area contributed by atoms with Gasteiger partial charge in [0.1, 0.15) is 0 Å². The van der Waals surface area contributed by atoms with Gasteiger partial charge in [-0.3, -0.25) is 0 Å². The number of carbonyl (C=O) groups is 2. The number of benzene rings is 2. The first-order valence-corrected chi connectivity index (χ1v) is 8.46. The molecule has 0 bridgehead atoms. The van der Waals surface area contributed by atoms with Crippen LogP contribution in [-0.4, -0.2) is 26.1 Å². The van der Waals surface area contributed by atoms with Crippen molar-refractivity contribution in [1.82, 2.24) is 0 Å². The zero-order chi connectivity index (χ0) is 14.4. The topological polar surface area (TPSA) is 34.1 Å². The number of Topliss-reactive ketones (excluding diaryl/α,β-unsaturated/α-hetero) is 2. The molecule has 0 aliphatic heterocycles. The zero-order valence-corrected chi connectivity index (χ0v) is 12.7. The molecule has 21 heavy (non-hydrogen) atoms. The normalized spacial score (nSPS) is 13.8. The van der Waals surface area contributed by atoms with E-state index in [1.165, 1.54) is 0 Å². The van der Waals surface area contributed by atoms with Crippen LogP contribution in [0.4, 0.5) is 0 Å². The van der Waals surface area contributed by atoms with E-state index in [0.29, 0.717) is 16.7 Å². The Balaban J connectivity index is 1.92. The third-order valence-electron chi connectivity index (χ3n) is 3.69. The first kappa shape index (κ1) is 12.5. The fourth-order valence-corrected chi connectivity index (χ4v) is 4.04. The summed E-state index contributed by atoms with van der Waals surface area (Å²) < 4.78 is 1.07. The van der Waals surface area contributed by atoms with Crippen LogP contribution < -0.4 is 0 Å². The van der Waals surface area contributed by atoms with E-state index in [0.717, 1.165) is 15.2 Å². The molecular weight excluding hydrogens is 327 g/mol. The molecule has 0 atom stereocenters. The maximum absolute atomic E-state index is 12.5. The van der Waals surface area contributed by atoms with Gasteiger partial charge in [0.25, 0.3) is 0 Å². The average Bonchev–Trinajstić information content (AvgIpc) is 3.09. The van der Waals surface area contributed by atoms with Gasteiger partial charge in [0.05, 0.1) is 0 Å². The van der Waals surface area contributed by atoms with Crippen molar-refractivity contribution in [1.29, 1.82) is 0 Å². The molecule has 1 aliphatic carbocycles. The Hall–Kier alpha value is -2.22. The SMILES string of the molecule is O=C1C(=Cc2ccc[se]2)C(=O)c2cc3ccccc3cc21. The van der Waals surface area contributed by atoms with Crippen LogP contribution in [0.5, 0.6) is 0 Å². The fourth-order valence-electron chi connectivity index (χ4n) is 2.66. The van der Waals surface area contributed by atoms with Crippen LogP contribution in [0, 0.1) is 0 Å². The Labute approximate surface area is 127 Å². The molecule has 4 rings (SSSR count). The minimum atomic E-state index is -0.149. The fraction of sp³-hybridized carbons (Fsp3) is 0. The van der Waals surface area contributed by atoms with E-state index in [9.17, 15) is 9.59 Å². The average molecular weight is 337 g/mol. The number of rotatable bonds is 1. The number of ketones is 2. The van der Waals surface area contributed by atoms with Gasteiger partial charge in [0.2, 0.25) is 0 Å². The summed E-state index contributed by atoms with van der Waals surface area (Å²) in [6, 6.07) is 15.4. The first-order valence-electron chi connectivity index (χ1n) is 6.61. The third-order valence-corrected chi connectivity index (χ3v) is 5.41. The predicted octanol–water partition coefficient (Wildman–Crippen LogP) is 3.36. The molecule has 1 aliphatic rings. The molecule has 1 heterocycles. The first-order chi connectivity index (χ1) is 10.2. The molecular formula is C18H10O2Se. The number of hydrogen-bond acceptors (Lipinski definition) is 2. The summed E-state index contributed by atoms with van der Waals surface area (Å²) in [7, 11) is 0. The summed E-state index contributed by atoms with van der Waals surface area (Å²) in [5, 5.41) is 1.98. The molecule has 3 heteroatoms. The van der Waals surface area contributed by atoms with E-state index >= 15 is 0 Å². The number of allylic oxidation sites excluding steroid dienone is 1. The summed E-state index contributed by atoms with van der Waals surface area (Å²) in [5.41, 5.74) is 1.37. The molecule has 0 radical (unpaired) electrons. The quantitative estimate of drug-likeness (QED) is 0.388. The predicted molar refractivity (Wildman–Crippen MR) is 84.0 cm³/mol. The maximum atomic E-state index is 12.5. The van der Waals surface area contributed by atoms with Gasteiger partial charge in [-0.1, -0.05) is 0 Å². The van der Waals surface area contributed by atoms with Crippen LogP contribution in [0.25, 0.3) is 16.8 Å². The number of carbonyl (C=O) groups excluding carboxylic acids is 2. The Bertz CT molecular complexity index is 861. The monoisotopic (exact) mass is 338 g/mol. The summed E-state index contributed by atoms with van der Waals surface area (Å²) in [6.45, 7) is 0. The van der Waals surface area contributed by atoms with Crippen molar-refractivity contribution in [2.75, 3.05) is 0 Å². The van der Waals surface area contributed by atoms with Crippen LogP contribution in [-0.2, 0) is 0 Å². The van der Waals surface area contributed by atoms with Crippen LogP contribution in [0.2, 0.25) is 0 Å². The molecule has 3 aromatic rings. The Kier molecular flexibility index (Phi) is 2.78. The number of hydrogen-bond donors (Lipinski definition) is 0. The van der Waals surface area contributed by atoms with Crippen LogP contribution in [0.15, 0.2) is 59.0 Å². The minimum absolute atomic E-state index is 0.149. The van der Waals surface area contributed by atoms with Crippen LogP contribution in [0.3, 0.4) is 0 Å². The molecule has 0 saturated heterocycles. The summed E-state index contributed by atoms with van der Waals surface area (Å²) in [6.07, 6.45) is 1.76. The van der Waals surface area contributed by atoms with Crippen molar-refractivity contribution in [2.45, 2.75) is 0 Å². The molecule has 0 N–H and O–H groups in total. The van der Waals surface area contributed by atoms with E-state index in [1.54, 1.807) is 6.08 Å². The summed E-state index contributed by atoms with van der Waals surface area (Å²) in [4.78, 5) is 27.1. The Morgan fingerprint density at radius 1 is 0.810 bits per heavy atom. The standard InChI is InChI=1S/C18H10O2Se/c19-17-14-8-11-4-1-2-5-12(11)9-15(14)18(20)16(17)10-13-6-3-7-21-13/h1-10H. The van der Waals surface area contributed by atoms with Gasteiger partial charge < -0.3 is 0 Å².